The van der Waals surface area contributed by atoms with E-state index in [0.717, 1.165) is 18.4 Å². The first-order valence-corrected chi connectivity index (χ1v) is 8.07. The van der Waals surface area contributed by atoms with Gasteiger partial charge in [-0.15, -0.1) is 5.10 Å². The molecule has 8 heteroatoms. The Balaban J connectivity index is 1.34. The lowest BCUT2D eigenvalue weighted by atomic mass is 9.87. The Kier molecular flexibility index (Phi) is 4.02. The van der Waals surface area contributed by atoms with Crippen molar-refractivity contribution in [2.75, 3.05) is 0 Å². The van der Waals surface area contributed by atoms with Gasteiger partial charge in [-0.2, -0.15) is 0 Å². The highest BCUT2D eigenvalue weighted by Crippen LogP contribution is 2.31. The zero-order valence-electron chi connectivity index (χ0n) is 13.4. The molecule has 0 radical (unpaired) electrons. The summed E-state index contributed by atoms with van der Waals surface area (Å²) in [5.41, 5.74) is 1.69. The molecule has 0 spiro atoms. The highest BCUT2D eigenvalue weighted by atomic mass is 16.5. The zero-order valence-corrected chi connectivity index (χ0v) is 13.4. The molecule has 1 aliphatic rings. The van der Waals surface area contributed by atoms with E-state index in [-0.39, 0.29) is 30.3 Å². The van der Waals surface area contributed by atoms with Crippen LogP contribution in [0.3, 0.4) is 0 Å². The van der Waals surface area contributed by atoms with E-state index in [2.05, 4.69) is 20.8 Å². The van der Waals surface area contributed by atoms with Gasteiger partial charge in [-0.3, -0.25) is 4.79 Å². The number of aliphatic hydroxyl groups is 1. The van der Waals surface area contributed by atoms with Crippen LogP contribution in [0.5, 0.6) is 0 Å². The largest absolute Gasteiger partial charge is 0.390 e. The van der Waals surface area contributed by atoms with Gasteiger partial charge in [0.05, 0.1) is 18.8 Å². The Labute approximate surface area is 143 Å². The van der Waals surface area contributed by atoms with Crippen LogP contribution in [0.15, 0.2) is 47.1 Å². The molecule has 1 aromatic carbocycles. The summed E-state index contributed by atoms with van der Waals surface area (Å²) >= 11 is 0. The molecule has 1 saturated carbocycles. The van der Waals surface area contributed by atoms with Crippen molar-refractivity contribution in [2.45, 2.75) is 31.5 Å². The van der Waals surface area contributed by atoms with Crippen molar-refractivity contribution in [1.82, 2.24) is 25.5 Å². The van der Waals surface area contributed by atoms with E-state index >= 15 is 0 Å². The van der Waals surface area contributed by atoms with E-state index in [1.54, 1.807) is 16.9 Å². The van der Waals surface area contributed by atoms with Gasteiger partial charge in [-0.05, 0) is 12.8 Å². The van der Waals surface area contributed by atoms with E-state index in [0.29, 0.717) is 11.5 Å². The summed E-state index contributed by atoms with van der Waals surface area (Å²) in [4.78, 5) is 12.3. The summed E-state index contributed by atoms with van der Waals surface area (Å²) in [6.07, 6.45) is 3.26. The summed E-state index contributed by atoms with van der Waals surface area (Å²) in [5, 5.41) is 23.7. The minimum Gasteiger partial charge on any atom is -0.390 e. The quantitative estimate of drug-likeness (QED) is 0.731. The topological polar surface area (TPSA) is 106 Å². The standard InChI is InChI=1S/C17H17N5O3/c23-10-13-9-22(21-19-13)14-6-12(7-14)18-17(24)15-8-16(25-20-15)11-4-2-1-3-5-11/h1-5,8-9,12,14,23H,6-7,10H2,(H,18,24). The fraction of sp³-hybridized carbons (Fsp3) is 0.294. The number of benzene rings is 1. The maximum Gasteiger partial charge on any atom is 0.273 e. The van der Waals surface area contributed by atoms with Gasteiger partial charge in [0.15, 0.2) is 11.5 Å². The first kappa shape index (κ1) is 15.5. The number of aliphatic hydroxyl groups excluding tert-OH is 1. The van der Waals surface area contributed by atoms with E-state index in [4.69, 9.17) is 9.63 Å². The molecule has 0 bridgehead atoms. The summed E-state index contributed by atoms with van der Waals surface area (Å²) in [6, 6.07) is 11.4. The Bertz CT molecular complexity index is 867. The molecule has 0 atom stereocenters. The van der Waals surface area contributed by atoms with Gasteiger partial charge in [0.25, 0.3) is 5.91 Å². The molecule has 0 unspecified atom stereocenters. The van der Waals surface area contributed by atoms with Crippen LogP contribution in [0.1, 0.15) is 35.1 Å². The fourth-order valence-corrected chi connectivity index (χ4v) is 2.87. The molecule has 25 heavy (non-hydrogen) atoms. The minimum atomic E-state index is -0.246. The third kappa shape index (κ3) is 3.16. The fourth-order valence-electron chi connectivity index (χ4n) is 2.87. The van der Waals surface area contributed by atoms with Crippen LogP contribution < -0.4 is 5.32 Å². The molecule has 2 aromatic heterocycles. The van der Waals surface area contributed by atoms with Crippen LogP contribution in [-0.4, -0.2) is 37.2 Å². The van der Waals surface area contributed by atoms with Gasteiger partial charge >= 0.3 is 0 Å². The summed E-state index contributed by atoms with van der Waals surface area (Å²) in [7, 11) is 0. The number of rotatable bonds is 5. The molecular weight excluding hydrogens is 322 g/mol. The van der Waals surface area contributed by atoms with Crippen LogP contribution in [0.2, 0.25) is 0 Å². The van der Waals surface area contributed by atoms with Crippen molar-refractivity contribution in [1.29, 1.82) is 0 Å². The molecule has 128 valence electrons. The van der Waals surface area contributed by atoms with E-state index < -0.39 is 0 Å². The van der Waals surface area contributed by atoms with Crippen molar-refractivity contribution in [3.05, 3.63) is 54.0 Å². The molecule has 4 rings (SSSR count). The first-order valence-electron chi connectivity index (χ1n) is 8.07. The lowest BCUT2D eigenvalue weighted by Gasteiger charge is -2.35. The molecule has 0 aliphatic heterocycles. The van der Waals surface area contributed by atoms with Crippen molar-refractivity contribution >= 4 is 5.91 Å². The molecule has 1 fully saturated rings. The molecule has 2 N–H and O–H groups in total. The number of carbonyl (C=O) groups excluding carboxylic acids is 1. The zero-order chi connectivity index (χ0) is 17.2. The molecular formula is C17H17N5O3. The number of nitrogens with one attached hydrogen (secondary N) is 1. The van der Waals surface area contributed by atoms with E-state index in [9.17, 15) is 4.79 Å². The third-order valence-electron chi connectivity index (χ3n) is 4.34. The Hall–Kier alpha value is -3.00. The van der Waals surface area contributed by atoms with Crippen molar-refractivity contribution in [3.63, 3.8) is 0 Å². The van der Waals surface area contributed by atoms with Crippen LogP contribution in [-0.2, 0) is 6.61 Å². The monoisotopic (exact) mass is 339 g/mol. The van der Waals surface area contributed by atoms with E-state index in [1.165, 1.54) is 0 Å². The maximum absolute atomic E-state index is 12.3. The summed E-state index contributed by atoms with van der Waals surface area (Å²) in [5.74, 6) is 0.320. The van der Waals surface area contributed by atoms with Crippen LogP contribution in [0, 0.1) is 0 Å². The molecule has 3 aromatic rings. The number of amides is 1. The van der Waals surface area contributed by atoms with Crippen LogP contribution in [0.25, 0.3) is 11.3 Å². The Morgan fingerprint density at radius 3 is 2.84 bits per heavy atom. The van der Waals surface area contributed by atoms with Gasteiger partial charge in [-0.25, -0.2) is 4.68 Å². The van der Waals surface area contributed by atoms with E-state index in [1.807, 2.05) is 30.3 Å². The van der Waals surface area contributed by atoms with Gasteiger partial charge in [-0.1, -0.05) is 40.7 Å². The number of hydrogen-bond donors (Lipinski definition) is 2. The second kappa shape index (κ2) is 6.48. The smallest absolute Gasteiger partial charge is 0.273 e. The number of hydrogen-bond acceptors (Lipinski definition) is 6. The normalized spacial score (nSPS) is 19.4. The molecule has 0 saturated heterocycles. The maximum atomic E-state index is 12.3. The number of aromatic nitrogens is 4. The van der Waals surface area contributed by atoms with Gasteiger partial charge in [0, 0.05) is 17.7 Å². The lowest BCUT2D eigenvalue weighted by molar-refractivity contribution is 0.0878. The Morgan fingerprint density at radius 1 is 1.32 bits per heavy atom. The molecule has 8 nitrogen and oxygen atoms in total. The second-order valence-electron chi connectivity index (χ2n) is 6.09. The summed E-state index contributed by atoms with van der Waals surface area (Å²) in [6.45, 7) is -0.122. The SMILES string of the molecule is O=C(NC1CC(n2cc(CO)nn2)C1)c1cc(-c2ccccc2)on1. The van der Waals surface area contributed by atoms with Crippen LogP contribution >= 0.6 is 0 Å². The average Bonchev–Trinajstić information content (AvgIpc) is 3.27. The predicted molar refractivity (Wildman–Crippen MR) is 87.4 cm³/mol. The third-order valence-corrected chi connectivity index (χ3v) is 4.34. The molecule has 2 heterocycles. The van der Waals surface area contributed by atoms with Crippen molar-refractivity contribution in [3.8, 4) is 11.3 Å². The van der Waals surface area contributed by atoms with Crippen molar-refractivity contribution in [2.24, 2.45) is 0 Å². The highest BCUT2D eigenvalue weighted by Gasteiger charge is 2.33. The summed E-state index contributed by atoms with van der Waals surface area (Å²) < 4.78 is 6.99. The van der Waals surface area contributed by atoms with Crippen LogP contribution in [0.4, 0.5) is 0 Å². The highest BCUT2D eigenvalue weighted by molar-refractivity contribution is 5.93. The average molecular weight is 339 g/mol. The van der Waals surface area contributed by atoms with Gasteiger partial charge in [0.1, 0.15) is 5.69 Å². The number of nitrogens with zero attached hydrogens (tertiary/aromatic N) is 4. The second-order valence-corrected chi connectivity index (χ2v) is 6.09. The molecule has 1 aliphatic carbocycles. The van der Waals surface area contributed by atoms with Gasteiger partial charge in [0.2, 0.25) is 0 Å². The lowest BCUT2D eigenvalue weighted by Crippen LogP contribution is -2.45. The predicted octanol–water partition coefficient (Wildman–Crippen LogP) is 1.56. The van der Waals surface area contributed by atoms with Gasteiger partial charge < -0.3 is 14.9 Å². The van der Waals surface area contributed by atoms with Crippen molar-refractivity contribution < 1.29 is 14.4 Å². The first-order chi connectivity index (χ1) is 12.2. The number of carbonyl (C=O) groups is 1. The Morgan fingerprint density at radius 2 is 2.12 bits per heavy atom. The molecule has 1 amide bonds. The minimum absolute atomic E-state index is 0.0659.